The Labute approximate surface area is 120 Å². The van der Waals surface area contributed by atoms with Gasteiger partial charge in [-0.05, 0) is 12.8 Å². The lowest BCUT2D eigenvalue weighted by Gasteiger charge is -2.14. The molecule has 1 atom stereocenters. The summed E-state index contributed by atoms with van der Waals surface area (Å²) in [5, 5.41) is 10.5. The highest BCUT2D eigenvalue weighted by Crippen LogP contribution is 2.16. The Balaban J connectivity index is 2.48. The maximum atomic E-state index is 11.8. The van der Waals surface area contributed by atoms with E-state index in [-0.39, 0.29) is 11.9 Å². The fraction of sp³-hybridized carbons (Fsp3) is 0.714. The van der Waals surface area contributed by atoms with Crippen molar-refractivity contribution >= 4 is 5.91 Å². The van der Waals surface area contributed by atoms with E-state index in [1.807, 2.05) is 24.9 Å². The Morgan fingerprint density at radius 2 is 2.15 bits per heavy atom. The van der Waals surface area contributed by atoms with Crippen LogP contribution in [0.25, 0.3) is 0 Å². The maximum absolute atomic E-state index is 11.8. The normalized spacial score (nSPS) is 12.7. The fourth-order valence-electron chi connectivity index (χ4n) is 1.96. The molecule has 114 valence electrons. The summed E-state index contributed by atoms with van der Waals surface area (Å²) in [6, 6.07) is -0.243. The smallest absolute Gasteiger partial charge is 0.236 e. The lowest BCUT2D eigenvalue weighted by Crippen LogP contribution is -2.42. The Morgan fingerprint density at radius 1 is 1.45 bits per heavy atom. The van der Waals surface area contributed by atoms with Crippen molar-refractivity contribution in [3.05, 3.63) is 17.5 Å². The van der Waals surface area contributed by atoms with Crippen LogP contribution >= 0.6 is 0 Å². The third kappa shape index (κ3) is 4.94. The molecule has 1 aromatic heterocycles. The lowest BCUT2D eigenvalue weighted by molar-refractivity contribution is -0.122. The molecule has 0 fully saturated rings. The molecule has 1 rings (SSSR count). The van der Waals surface area contributed by atoms with Crippen molar-refractivity contribution in [3.8, 4) is 0 Å². The molecule has 20 heavy (non-hydrogen) atoms. The van der Waals surface area contributed by atoms with Gasteiger partial charge in [-0.1, -0.05) is 13.8 Å². The van der Waals surface area contributed by atoms with Crippen LogP contribution in [-0.4, -0.2) is 42.0 Å². The number of carbonyl (C=O) groups is 1. The molecule has 1 heterocycles. The van der Waals surface area contributed by atoms with E-state index >= 15 is 0 Å². The fourth-order valence-corrected chi connectivity index (χ4v) is 1.96. The first-order valence-electron chi connectivity index (χ1n) is 6.98. The molecule has 0 saturated heterocycles. The number of ether oxygens (including phenoxy) is 1. The molecule has 1 unspecified atom stereocenters. The van der Waals surface area contributed by atoms with Gasteiger partial charge in [0.2, 0.25) is 5.91 Å². The van der Waals surface area contributed by atoms with Crippen molar-refractivity contribution in [2.24, 2.45) is 7.05 Å². The van der Waals surface area contributed by atoms with Crippen LogP contribution in [0.2, 0.25) is 0 Å². The van der Waals surface area contributed by atoms with E-state index < -0.39 is 0 Å². The number of carbonyl (C=O) groups excluding carboxylic acids is 1. The van der Waals surface area contributed by atoms with Gasteiger partial charge in [-0.2, -0.15) is 5.10 Å². The van der Waals surface area contributed by atoms with Crippen molar-refractivity contribution < 1.29 is 9.53 Å². The molecule has 0 radical (unpaired) electrons. The predicted molar refractivity (Wildman–Crippen MR) is 78.5 cm³/mol. The molecular formula is C14H26N4O2. The van der Waals surface area contributed by atoms with Crippen molar-refractivity contribution in [3.63, 3.8) is 0 Å². The standard InChI is InChI=1S/C14H26N4O2/c1-10(2)13-12(9-18(4)17-13)8-16-11(3)14(19)15-6-7-20-5/h9-11,16H,6-8H2,1-5H3,(H,15,19). The van der Waals surface area contributed by atoms with E-state index in [1.54, 1.807) is 7.11 Å². The number of hydrogen-bond donors (Lipinski definition) is 2. The zero-order chi connectivity index (χ0) is 15.1. The Morgan fingerprint density at radius 3 is 2.75 bits per heavy atom. The van der Waals surface area contributed by atoms with E-state index in [9.17, 15) is 4.79 Å². The minimum absolute atomic E-state index is 0.0166. The van der Waals surface area contributed by atoms with Crippen LogP contribution in [0.1, 0.15) is 37.9 Å². The molecule has 0 bridgehead atoms. The van der Waals surface area contributed by atoms with Crippen molar-refractivity contribution in [1.82, 2.24) is 20.4 Å². The summed E-state index contributed by atoms with van der Waals surface area (Å²) in [5.74, 6) is 0.357. The first kappa shape index (κ1) is 16.7. The monoisotopic (exact) mass is 282 g/mol. The van der Waals surface area contributed by atoms with Gasteiger partial charge in [0.1, 0.15) is 0 Å². The number of nitrogens with zero attached hydrogens (tertiary/aromatic N) is 2. The second kappa shape index (κ2) is 8.01. The summed E-state index contributed by atoms with van der Waals surface area (Å²) in [7, 11) is 3.53. The molecule has 6 heteroatoms. The quantitative estimate of drug-likeness (QED) is 0.692. The molecule has 0 spiro atoms. The summed E-state index contributed by atoms with van der Waals surface area (Å²) >= 11 is 0. The molecule has 6 nitrogen and oxygen atoms in total. The average Bonchev–Trinajstić information content (AvgIpc) is 2.77. The molecule has 0 aliphatic rings. The number of aromatic nitrogens is 2. The highest BCUT2D eigenvalue weighted by molar-refractivity contribution is 5.81. The van der Waals surface area contributed by atoms with Crippen molar-refractivity contribution in [2.75, 3.05) is 20.3 Å². The Bertz CT molecular complexity index is 429. The van der Waals surface area contributed by atoms with Gasteiger partial charge in [0.25, 0.3) is 0 Å². The predicted octanol–water partition coefficient (Wildman–Crippen LogP) is 0.784. The van der Waals surface area contributed by atoms with E-state index in [2.05, 4.69) is 29.6 Å². The van der Waals surface area contributed by atoms with E-state index in [4.69, 9.17) is 4.74 Å². The van der Waals surface area contributed by atoms with Crippen LogP contribution in [0.5, 0.6) is 0 Å². The Hall–Kier alpha value is -1.40. The van der Waals surface area contributed by atoms with E-state index in [0.29, 0.717) is 25.6 Å². The zero-order valence-electron chi connectivity index (χ0n) is 13.1. The molecule has 2 N–H and O–H groups in total. The second-order valence-electron chi connectivity index (χ2n) is 5.25. The molecule has 0 aromatic carbocycles. The van der Waals surface area contributed by atoms with Gasteiger partial charge in [0.15, 0.2) is 0 Å². The van der Waals surface area contributed by atoms with Crippen LogP contribution in [0, 0.1) is 0 Å². The summed E-state index contributed by atoms with van der Waals surface area (Å²) in [4.78, 5) is 11.8. The number of nitrogens with one attached hydrogen (secondary N) is 2. The highest BCUT2D eigenvalue weighted by Gasteiger charge is 2.15. The van der Waals surface area contributed by atoms with Gasteiger partial charge in [0.05, 0.1) is 18.3 Å². The first-order valence-corrected chi connectivity index (χ1v) is 6.98. The number of amides is 1. The zero-order valence-corrected chi connectivity index (χ0v) is 13.1. The van der Waals surface area contributed by atoms with Crippen LogP contribution in [0.4, 0.5) is 0 Å². The van der Waals surface area contributed by atoms with Gasteiger partial charge >= 0.3 is 0 Å². The summed E-state index contributed by atoms with van der Waals surface area (Å²) in [6.07, 6.45) is 2.00. The van der Waals surface area contributed by atoms with Crippen LogP contribution in [0.15, 0.2) is 6.20 Å². The van der Waals surface area contributed by atoms with Crippen LogP contribution in [0.3, 0.4) is 0 Å². The second-order valence-corrected chi connectivity index (χ2v) is 5.25. The molecule has 0 aliphatic carbocycles. The lowest BCUT2D eigenvalue weighted by atomic mass is 10.1. The first-order chi connectivity index (χ1) is 9.45. The van der Waals surface area contributed by atoms with Gasteiger partial charge in [-0.15, -0.1) is 0 Å². The summed E-state index contributed by atoms with van der Waals surface area (Å²) < 4.78 is 6.72. The number of aryl methyl sites for hydroxylation is 1. The maximum Gasteiger partial charge on any atom is 0.236 e. The van der Waals surface area contributed by atoms with Crippen molar-refractivity contribution in [1.29, 1.82) is 0 Å². The summed E-state index contributed by atoms with van der Waals surface area (Å²) in [6.45, 7) is 7.79. The van der Waals surface area contributed by atoms with Crippen LogP contribution < -0.4 is 10.6 Å². The average molecular weight is 282 g/mol. The van der Waals surface area contributed by atoms with Gasteiger partial charge in [-0.3, -0.25) is 9.48 Å². The largest absolute Gasteiger partial charge is 0.383 e. The van der Waals surface area contributed by atoms with E-state index in [1.165, 1.54) is 0 Å². The third-order valence-electron chi connectivity index (χ3n) is 3.08. The van der Waals surface area contributed by atoms with E-state index in [0.717, 1.165) is 11.3 Å². The SMILES string of the molecule is COCCNC(=O)C(C)NCc1cn(C)nc1C(C)C. The molecule has 1 aromatic rings. The topological polar surface area (TPSA) is 68.2 Å². The summed E-state index contributed by atoms with van der Waals surface area (Å²) in [5.41, 5.74) is 2.21. The minimum Gasteiger partial charge on any atom is -0.383 e. The minimum atomic E-state index is -0.243. The Kier molecular flexibility index (Phi) is 6.67. The molecule has 0 saturated carbocycles. The third-order valence-corrected chi connectivity index (χ3v) is 3.08. The number of rotatable bonds is 8. The molecular weight excluding hydrogens is 256 g/mol. The number of hydrogen-bond acceptors (Lipinski definition) is 4. The van der Waals surface area contributed by atoms with Gasteiger partial charge in [0, 0.05) is 39.0 Å². The van der Waals surface area contributed by atoms with Gasteiger partial charge in [-0.25, -0.2) is 0 Å². The van der Waals surface area contributed by atoms with Crippen LogP contribution in [-0.2, 0) is 23.1 Å². The highest BCUT2D eigenvalue weighted by atomic mass is 16.5. The number of methoxy groups -OCH3 is 1. The van der Waals surface area contributed by atoms with Gasteiger partial charge < -0.3 is 15.4 Å². The molecule has 0 aliphatic heterocycles. The van der Waals surface area contributed by atoms with Crippen molar-refractivity contribution in [2.45, 2.75) is 39.3 Å². The molecule has 1 amide bonds.